The second kappa shape index (κ2) is 4.82. The molecule has 2 heterocycles. The average molecular weight is 232 g/mol. The van der Waals surface area contributed by atoms with Gasteiger partial charge in [0.25, 0.3) is 0 Å². The molecule has 0 saturated heterocycles. The molecule has 90 valence electrons. The van der Waals surface area contributed by atoms with Crippen molar-refractivity contribution in [3.8, 4) is 0 Å². The Kier molecular flexibility index (Phi) is 3.22. The summed E-state index contributed by atoms with van der Waals surface area (Å²) in [6.07, 6.45) is 3.54. The van der Waals surface area contributed by atoms with Crippen molar-refractivity contribution in [2.24, 2.45) is 7.05 Å². The number of rotatable bonds is 5. The van der Waals surface area contributed by atoms with Gasteiger partial charge in [-0.2, -0.15) is 15.1 Å². The van der Waals surface area contributed by atoms with Crippen molar-refractivity contribution >= 4 is 22.8 Å². The Morgan fingerprint density at radius 1 is 1.41 bits per heavy atom. The summed E-state index contributed by atoms with van der Waals surface area (Å²) in [5.74, 6) is 1.38. The Balaban J connectivity index is 2.48. The maximum Gasteiger partial charge on any atom is 0.226 e. The molecular formula is C11H16N6. The number of anilines is 2. The number of nitrogens with zero attached hydrogens (tertiary/aromatic N) is 4. The molecule has 0 unspecified atom stereocenters. The number of hydrogen-bond donors (Lipinski definition) is 2. The lowest BCUT2D eigenvalue weighted by atomic mass is 10.4. The molecule has 2 rings (SSSR count). The highest BCUT2D eigenvalue weighted by atomic mass is 15.3. The fourth-order valence-corrected chi connectivity index (χ4v) is 1.57. The molecule has 0 aromatic carbocycles. The van der Waals surface area contributed by atoms with Crippen molar-refractivity contribution < 1.29 is 0 Å². The van der Waals surface area contributed by atoms with Crippen LogP contribution in [0.4, 0.5) is 11.8 Å². The first-order valence-corrected chi connectivity index (χ1v) is 5.54. The van der Waals surface area contributed by atoms with E-state index >= 15 is 0 Å². The van der Waals surface area contributed by atoms with Crippen LogP contribution < -0.4 is 10.6 Å². The van der Waals surface area contributed by atoms with Crippen LogP contribution in [-0.2, 0) is 7.05 Å². The molecule has 0 aliphatic carbocycles. The predicted molar refractivity (Wildman–Crippen MR) is 69.2 cm³/mol. The SMILES string of the molecule is C=CCNc1nc(NCC)c2cnn(C)c2n1. The Morgan fingerprint density at radius 2 is 2.24 bits per heavy atom. The molecule has 0 aliphatic heterocycles. The van der Waals surface area contributed by atoms with Gasteiger partial charge < -0.3 is 10.6 Å². The topological polar surface area (TPSA) is 67.7 Å². The van der Waals surface area contributed by atoms with E-state index in [4.69, 9.17) is 0 Å². The van der Waals surface area contributed by atoms with Crippen molar-refractivity contribution in [3.05, 3.63) is 18.9 Å². The third-order valence-corrected chi connectivity index (χ3v) is 2.34. The van der Waals surface area contributed by atoms with Gasteiger partial charge in [0, 0.05) is 20.1 Å². The van der Waals surface area contributed by atoms with E-state index in [0.717, 1.165) is 23.4 Å². The van der Waals surface area contributed by atoms with Crippen LogP contribution in [0, 0.1) is 0 Å². The number of aromatic nitrogens is 4. The van der Waals surface area contributed by atoms with Crippen molar-refractivity contribution in [1.29, 1.82) is 0 Å². The monoisotopic (exact) mass is 232 g/mol. The van der Waals surface area contributed by atoms with Crippen LogP contribution in [0.3, 0.4) is 0 Å². The van der Waals surface area contributed by atoms with Gasteiger partial charge in [-0.15, -0.1) is 6.58 Å². The zero-order valence-corrected chi connectivity index (χ0v) is 10.1. The second-order valence-electron chi connectivity index (χ2n) is 3.60. The molecule has 0 amide bonds. The van der Waals surface area contributed by atoms with E-state index in [1.54, 1.807) is 17.0 Å². The van der Waals surface area contributed by atoms with Crippen molar-refractivity contribution in [3.63, 3.8) is 0 Å². The molecule has 6 nitrogen and oxygen atoms in total. The molecule has 0 aliphatic rings. The van der Waals surface area contributed by atoms with Gasteiger partial charge in [-0.05, 0) is 6.92 Å². The molecule has 0 atom stereocenters. The molecule has 2 aromatic rings. The lowest BCUT2D eigenvalue weighted by molar-refractivity contribution is 0.785. The van der Waals surface area contributed by atoms with E-state index in [1.165, 1.54) is 0 Å². The maximum absolute atomic E-state index is 4.41. The Bertz CT molecular complexity index is 530. The normalized spacial score (nSPS) is 10.5. The largest absolute Gasteiger partial charge is 0.370 e. The summed E-state index contributed by atoms with van der Waals surface area (Å²) in [6, 6.07) is 0. The minimum atomic E-state index is 0.581. The maximum atomic E-state index is 4.41. The van der Waals surface area contributed by atoms with Crippen molar-refractivity contribution in [1.82, 2.24) is 19.7 Å². The van der Waals surface area contributed by atoms with E-state index in [0.29, 0.717) is 12.5 Å². The predicted octanol–water partition coefficient (Wildman–Crippen LogP) is 1.39. The fraction of sp³-hybridized carbons (Fsp3) is 0.364. The standard InChI is InChI=1S/C11H16N6/c1-4-6-13-11-15-9(12-5-2)8-7-14-17(3)10(8)16-11/h4,7H,1,5-6H2,2-3H3,(H2,12,13,15,16). The van der Waals surface area contributed by atoms with E-state index in [2.05, 4.69) is 32.3 Å². The highest BCUT2D eigenvalue weighted by molar-refractivity contribution is 5.87. The highest BCUT2D eigenvalue weighted by Gasteiger charge is 2.10. The molecule has 0 saturated carbocycles. The minimum absolute atomic E-state index is 0.581. The molecule has 6 heteroatoms. The van der Waals surface area contributed by atoms with Crippen LogP contribution in [-0.4, -0.2) is 32.8 Å². The quantitative estimate of drug-likeness (QED) is 0.762. The van der Waals surface area contributed by atoms with Crippen LogP contribution in [0.25, 0.3) is 11.0 Å². The summed E-state index contributed by atoms with van der Waals surface area (Å²) in [7, 11) is 1.86. The molecule has 0 radical (unpaired) electrons. The number of nitrogens with one attached hydrogen (secondary N) is 2. The summed E-state index contributed by atoms with van der Waals surface area (Å²) in [4.78, 5) is 8.81. The zero-order valence-electron chi connectivity index (χ0n) is 10.1. The third-order valence-electron chi connectivity index (χ3n) is 2.34. The van der Waals surface area contributed by atoms with E-state index in [1.807, 2.05) is 14.0 Å². The van der Waals surface area contributed by atoms with Gasteiger partial charge in [-0.1, -0.05) is 6.08 Å². The van der Waals surface area contributed by atoms with Crippen LogP contribution in [0.5, 0.6) is 0 Å². The van der Waals surface area contributed by atoms with E-state index in [9.17, 15) is 0 Å². The van der Waals surface area contributed by atoms with Gasteiger partial charge >= 0.3 is 0 Å². The third kappa shape index (κ3) is 2.20. The van der Waals surface area contributed by atoms with Gasteiger partial charge in [0.1, 0.15) is 5.82 Å². The van der Waals surface area contributed by atoms with Crippen LogP contribution >= 0.6 is 0 Å². The summed E-state index contributed by atoms with van der Waals surface area (Å²) in [5, 5.41) is 11.4. The lowest BCUT2D eigenvalue weighted by Gasteiger charge is -2.07. The molecule has 2 aromatic heterocycles. The summed E-state index contributed by atoms with van der Waals surface area (Å²) >= 11 is 0. The van der Waals surface area contributed by atoms with Crippen molar-refractivity contribution in [2.45, 2.75) is 6.92 Å². The van der Waals surface area contributed by atoms with Crippen LogP contribution in [0.2, 0.25) is 0 Å². The summed E-state index contributed by atoms with van der Waals surface area (Å²) < 4.78 is 1.73. The Hall–Kier alpha value is -2.11. The smallest absolute Gasteiger partial charge is 0.226 e. The highest BCUT2D eigenvalue weighted by Crippen LogP contribution is 2.20. The second-order valence-corrected chi connectivity index (χ2v) is 3.60. The first kappa shape index (κ1) is 11.4. The first-order valence-electron chi connectivity index (χ1n) is 5.54. The van der Waals surface area contributed by atoms with Crippen molar-refractivity contribution in [2.75, 3.05) is 23.7 Å². The minimum Gasteiger partial charge on any atom is -0.370 e. The summed E-state index contributed by atoms with van der Waals surface area (Å²) in [6.45, 7) is 7.12. The number of hydrogen-bond acceptors (Lipinski definition) is 5. The first-order chi connectivity index (χ1) is 8.26. The Labute approximate surface area is 99.8 Å². The van der Waals surface area contributed by atoms with Gasteiger partial charge in [0.05, 0.1) is 11.6 Å². The number of fused-ring (bicyclic) bond motifs is 1. The molecular weight excluding hydrogens is 216 g/mol. The Morgan fingerprint density at radius 3 is 2.94 bits per heavy atom. The molecule has 17 heavy (non-hydrogen) atoms. The van der Waals surface area contributed by atoms with Gasteiger partial charge in [-0.25, -0.2) is 0 Å². The lowest BCUT2D eigenvalue weighted by Crippen LogP contribution is -2.08. The molecule has 0 bridgehead atoms. The van der Waals surface area contributed by atoms with Gasteiger partial charge in [0.15, 0.2) is 5.65 Å². The molecule has 0 fully saturated rings. The van der Waals surface area contributed by atoms with Crippen LogP contribution in [0.1, 0.15) is 6.92 Å². The van der Waals surface area contributed by atoms with E-state index in [-0.39, 0.29) is 0 Å². The van der Waals surface area contributed by atoms with Crippen LogP contribution in [0.15, 0.2) is 18.9 Å². The zero-order chi connectivity index (χ0) is 12.3. The van der Waals surface area contributed by atoms with E-state index < -0.39 is 0 Å². The molecule has 0 spiro atoms. The average Bonchev–Trinajstić information content (AvgIpc) is 2.69. The summed E-state index contributed by atoms with van der Waals surface area (Å²) in [5.41, 5.74) is 0.808. The van der Waals surface area contributed by atoms with Gasteiger partial charge in [0.2, 0.25) is 5.95 Å². The van der Waals surface area contributed by atoms with Gasteiger partial charge in [-0.3, -0.25) is 4.68 Å². The molecule has 2 N–H and O–H groups in total. The number of aryl methyl sites for hydroxylation is 1. The fourth-order valence-electron chi connectivity index (χ4n) is 1.57.